The number of amides is 1. The second-order valence-electron chi connectivity index (χ2n) is 7.56. The van der Waals surface area contributed by atoms with Gasteiger partial charge in [0.1, 0.15) is 5.75 Å². The van der Waals surface area contributed by atoms with Crippen molar-refractivity contribution in [2.24, 2.45) is 5.10 Å². The van der Waals surface area contributed by atoms with Crippen LogP contribution in [0.25, 0.3) is 17.1 Å². The first-order chi connectivity index (χ1) is 18.0. The van der Waals surface area contributed by atoms with Crippen molar-refractivity contribution in [2.75, 3.05) is 27.1 Å². The number of rotatable bonds is 10. The standard InChI is InChI=1S/C26H25N5O5S/c1-34-20-11-9-18(10-12-20)25-29-30-26(31(25)19-7-5-4-6-8-19)37-16-23(32)28-27-15-17-13-21(35-2)24(33)22(14-17)36-3/h4-15,33H,16H2,1-3H3,(H,28,32)/b27-15+. The van der Waals surface area contributed by atoms with Gasteiger partial charge in [-0.1, -0.05) is 30.0 Å². The molecule has 2 N–H and O–H groups in total. The van der Waals surface area contributed by atoms with Gasteiger partial charge in [0.15, 0.2) is 22.5 Å². The fourth-order valence-corrected chi connectivity index (χ4v) is 4.17. The Kier molecular flexibility index (Phi) is 8.26. The molecule has 0 spiro atoms. The highest BCUT2D eigenvalue weighted by molar-refractivity contribution is 7.99. The molecule has 0 aliphatic heterocycles. The third-order valence-corrected chi connectivity index (χ3v) is 6.16. The number of aromatic hydroxyl groups is 1. The summed E-state index contributed by atoms with van der Waals surface area (Å²) in [5.41, 5.74) is 4.80. The first kappa shape index (κ1) is 25.6. The number of nitrogens with one attached hydrogen (secondary N) is 1. The third-order valence-electron chi connectivity index (χ3n) is 5.23. The molecule has 0 aliphatic carbocycles. The average Bonchev–Trinajstić information content (AvgIpc) is 3.37. The van der Waals surface area contributed by atoms with E-state index < -0.39 is 0 Å². The number of carbonyl (C=O) groups excluding carboxylic acids is 1. The van der Waals surface area contributed by atoms with Gasteiger partial charge in [0.05, 0.1) is 33.3 Å². The number of methoxy groups -OCH3 is 3. The summed E-state index contributed by atoms with van der Waals surface area (Å²) in [6, 6.07) is 20.4. The molecule has 0 saturated carbocycles. The zero-order chi connectivity index (χ0) is 26.2. The molecule has 1 amide bonds. The maximum Gasteiger partial charge on any atom is 0.250 e. The predicted octanol–water partition coefficient (Wildman–Crippen LogP) is 3.91. The Morgan fingerprint density at radius 1 is 1.00 bits per heavy atom. The molecule has 0 saturated heterocycles. The normalized spacial score (nSPS) is 10.9. The molecule has 0 radical (unpaired) electrons. The Balaban J connectivity index is 1.48. The van der Waals surface area contributed by atoms with Gasteiger partial charge in [-0.05, 0) is 48.5 Å². The number of carbonyl (C=O) groups is 1. The van der Waals surface area contributed by atoms with Gasteiger partial charge in [-0.15, -0.1) is 10.2 Å². The Bertz CT molecular complexity index is 1370. The summed E-state index contributed by atoms with van der Waals surface area (Å²) in [5.74, 6) is 1.47. The first-order valence-electron chi connectivity index (χ1n) is 11.1. The molecule has 3 aromatic carbocycles. The van der Waals surface area contributed by atoms with Crippen LogP contribution >= 0.6 is 11.8 Å². The zero-order valence-corrected chi connectivity index (χ0v) is 21.2. The van der Waals surface area contributed by atoms with Gasteiger partial charge in [-0.25, -0.2) is 5.43 Å². The minimum absolute atomic E-state index is 0.0626. The van der Waals surface area contributed by atoms with Gasteiger partial charge < -0.3 is 19.3 Å². The fraction of sp³-hybridized carbons (Fsp3) is 0.154. The summed E-state index contributed by atoms with van der Waals surface area (Å²) in [5, 5.41) is 23.3. The lowest BCUT2D eigenvalue weighted by molar-refractivity contribution is -0.118. The van der Waals surface area contributed by atoms with Crippen LogP contribution < -0.4 is 19.6 Å². The van der Waals surface area contributed by atoms with Crippen molar-refractivity contribution in [3.05, 3.63) is 72.3 Å². The van der Waals surface area contributed by atoms with E-state index in [1.54, 1.807) is 19.2 Å². The average molecular weight is 520 g/mol. The first-order valence-corrected chi connectivity index (χ1v) is 12.1. The summed E-state index contributed by atoms with van der Waals surface area (Å²) in [6.07, 6.45) is 1.43. The van der Waals surface area contributed by atoms with Gasteiger partial charge in [0.25, 0.3) is 5.91 Å². The van der Waals surface area contributed by atoms with Crippen molar-refractivity contribution in [3.8, 4) is 40.1 Å². The number of phenolic OH excluding ortho intramolecular Hbond substituents is 1. The molecular weight excluding hydrogens is 494 g/mol. The van der Waals surface area contributed by atoms with E-state index in [4.69, 9.17) is 14.2 Å². The molecule has 0 aliphatic rings. The second kappa shape index (κ2) is 12.0. The van der Waals surface area contributed by atoms with Crippen LogP contribution in [0.3, 0.4) is 0 Å². The van der Waals surface area contributed by atoms with Crippen LogP contribution in [0, 0.1) is 0 Å². The van der Waals surface area contributed by atoms with Gasteiger partial charge >= 0.3 is 0 Å². The van der Waals surface area contributed by atoms with Crippen LogP contribution in [0.4, 0.5) is 0 Å². The number of hydrogen-bond acceptors (Lipinski definition) is 9. The summed E-state index contributed by atoms with van der Waals surface area (Å²) in [7, 11) is 4.48. The Morgan fingerprint density at radius 3 is 2.30 bits per heavy atom. The highest BCUT2D eigenvalue weighted by Crippen LogP contribution is 2.36. The number of phenols is 1. The predicted molar refractivity (Wildman–Crippen MR) is 141 cm³/mol. The quantitative estimate of drug-likeness (QED) is 0.184. The number of nitrogens with zero attached hydrogens (tertiary/aromatic N) is 4. The Labute approximate surface area is 217 Å². The van der Waals surface area contributed by atoms with Gasteiger partial charge in [0.2, 0.25) is 5.75 Å². The highest BCUT2D eigenvalue weighted by Gasteiger charge is 2.17. The molecule has 0 bridgehead atoms. The van der Waals surface area contributed by atoms with Crippen molar-refractivity contribution in [1.29, 1.82) is 0 Å². The van der Waals surface area contributed by atoms with Crippen LogP contribution in [-0.2, 0) is 4.79 Å². The summed E-state index contributed by atoms with van der Waals surface area (Å²) in [4.78, 5) is 12.5. The van der Waals surface area contributed by atoms with E-state index in [9.17, 15) is 9.90 Å². The fourth-order valence-electron chi connectivity index (χ4n) is 3.43. The Hall–Kier alpha value is -4.51. The van der Waals surface area contributed by atoms with Crippen molar-refractivity contribution >= 4 is 23.9 Å². The van der Waals surface area contributed by atoms with Crippen molar-refractivity contribution in [2.45, 2.75) is 5.16 Å². The number of thioether (sulfide) groups is 1. The van der Waals surface area contributed by atoms with Crippen molar-refractivity contribution in [1.82, 2.24) is 20.2 Å². The van der Waals surface area contributed by atoms with Crippen molar-refractivity contribution in [3.63, 3.8) is 0 Å². The number of aromatic nitrogens is 3. The molecule has 37 heavy (non-hydrogen) atoms. The van der Waals surface area contributed by atoms with Crippen LogP contribution in [-0.4, -0.2) is 59.1 Å². The van der Waals surface area contributed by atoms with E-state index in [1.165, 1.54) is 32.2 Å². The maximum absolute atomic E-state index is 12.5. The molecule has 1 aromatic heterocycles. The van der Waals surface area contributed by atoms with E-state index in [1.807, 2.05) is 59.2 Å². The lowest BCUT2D eigenvalue weighted by atomic mass is 10.2. The minimum atomic E-state index is -0.326. The largest absolute Gasteiger partial charge is 0.502 e. The van der Waals surface area contributed by atoms with Gasteiger partial charge in [0, 0.05) is 16.8 Å². The minimum Gasteiger partial charge on any atom is -0.502 e. The zero-order valence-electron chi connectivity index (χ0n) is 20.4. The maximum atomic E-state index is 12.5. The molecule has 10 nitrogen and oxygen atoms in total. The van der Waals surface area contributed by atoms with E-state index in [0.29, 0.717) is 16.5 Å². The van der Waals surface area contributed by atoms with E-state index >= 15 is 0 Å². The van der Waals surface area contributed by atoms with Crippen LogP contribution in [0.5, 0.6) is 23.0 Å². The number of para-hydroxylation sites is 1. The second-order valence-corrected chi connectivity index (χ2v) is 8.50. The van der Waals surface area contributed by atoms with E-state index in [-0.39, 0.29) is 28.9 Å². The molecular formula is C26H25N5O5S. The molecule has 0 fully saturated rings. The lowest BCUT2D eigenvalue weighted by Crippen LogP contribution is -2.20. The summed E-state index contributed by atoms with van der Waals surface area (Å²) < 4.78 is 17.4. The van der Waals surface area contributed by atoms with Crippen LogP contribution in [0.2, 0.25) is 0 Å². The summed E-state index contributed by atoms with van der Waals surface area (Å²) >= 11 is 1.24. The van der Waals surface area contributed by atoms with E-state index in [0.717, 1.165) is 17.0 Å². The summed E-state index contributed by atoms with van der Waals surface area (Å²) in [6.45, 7) is 0. The molecule has 11 heteroatoms. The lowest BCUT2D eigenvalue weighted by Gasteiger charge is -2.10. The number of hydrogen-bond donors (Lipinski definition) is 2. The highest BCUT2D eigenvalue weighted by atomic mass is 32.2. The molecule has 190 valence electrons. The van der Waals surface area contributed by atoms with Gasteiger partial charge in [-0.3, -0.25) is 9.36 Å². The topological polar surface area (TPSA) is 120 Å². The Morgan fingerprint density at radius 2 is 1.68 bits per heavy atom. The molecule has 4 aromatic rings. The van der Waals surface area contributed by atoms with E-state index in [2.05, 4.69) is 20.7 Å². The molecule has 4 rings (SSSR count). The number of ether oxygens (including phenoxy) is 3. The number of hydrazone groups is 1. The molecule has 1 heterocycles. The van der Waals surface area contributed by atoms with Crippen LogP contribution in [0.15, 0.2) is 77.0 Å². The van der Waals surface area contributed by atoms with Crippen molar-refractivity contribution < 1.29 is 24.1 Å². The van der Waals surface area contributed by atoms with Crippen LogP contribution in [0.1, 0.15) is 5.56 Å². The monoisotopic (exact) mass is 519 g/mol. The van der Waals surface area contributed by atoms with Gasteiger partial charge in [-0.2, -0.15) is 5.10 Å². The molecule has 0 unspecified atom stereocenters. The molecule has 0 atom stereocenters. The SMILES string of the molecule is COc1ccc(-c2nnc(SCC(=O)N/N=C/c3cc(OC)c(O)c(OC)c3)n2-c2ccccc2)cc1. The number of benzene rings is 3. The third kappa shape index (κ3) is 6.01. The smallest absolute Gasteiger partial charge is 0.250 e.